The van der Waals surface area contributed by atoms with Crippen LogP contribution in [-0.2, 0) is 13.0 Å². The molecule has 0 aliphatic carbocycles. The van der Waals surface area contributed by atoms with Crippen LogP contribution in [0.4, 0.5) is 0 Å². The molecule has 33 heavy (non-hydrogen) atoms. The van der Waals surface area contributed by atoms with Crippen LogP contribution in [0.25, 0.3) is 21.8 Å². The van der Waals surface area contributed by atoms with Gasteiger partial charge in [0.05, 0.1) is 11.0 Å². The second-order valence-corrected chi connectivity index (χ2v) is 9.47. The third-order valence-corrected chi connectivity index (χ3v) is 6.76. The van der Waals surface area contributed by atoms with Gasteiger partial charge < -0.3 is 9.47 Å². The fraction of sp³-hybridized carbons (Fsp3) is 0.414. The van der Waals surface area contributed by atoms with Crippen LogP contribution in [0.5, 0.6) is 0 Å². The summed E-state index contributed by atoms with van der Waals surface area (Å²) in [6, 6.07) is 21.3. The summed E-state index contributed by atoms with van der Waals surface area (Å²) in [4.78, 5) is 7.69. The maximum atomic E-state index is 6.39. The van der Waals surface area contributed by atoms with Gasteiger partial charge in [-0.2, -0.15) is 0 Å². The fourth-order valence-electron chi connectivity index (χ4n) is 4.70. The van der Waals surface area contributed by atoms with Crippen molar-refractivity contribution in [1.29, 1.82) is 0 Å². The molecule has 3 aromatic carbocycles. The molecule has 4 heteroatoms. The van der Waals surface area contributed by atoms with Gasteiger partial charge in [0.2, 0.25) is 0 Å². The number of fused-ring (bicyclic) bond motifs is 2. The van der Waals surface area contributed by atoms with Crippen molar-refractivity contribution in [2.45, 2.75) is 58.9 Å². The SMILES string of the molecule is CCCCN(CCCC)CCCn1c(Cc2cccc3ccccc23)nc2ccc(Cl)cc21. The molecular weight excluding hydrogens is 426 g/mol. The summed E-state index contributed by atoms with van der Waals surface area (Å²) in [5.74, 6) is 1.12. The molecule has 0 atom stereocenters. The van der Waals surface area contributed by atoms with Crippen molar-refractivity contribution in [2.75, 3.05) is 19.6 Å². The first-order chi connectivity index (χ1) is 16.2. The fourth-order valence-corrected chi connectivity index (χ4v) is 4.86. The smallest absolute Gasteiger partial charge is 0.114 e. The van der Waals surface area contributed by atoms with E-state index in [0.29, 0.717) is 0 Å². The highest BCUT2D eigenvalue weighted by Crippen LogP contribution is 2.25. The molecule has 0 aliphatic rings. The van der Waals surface area contributed by atoms with Gasteiger partial charge in [0.15, 0.2) is 0 Å². The Kier molecular flexibility index (Phi) is 8.41. The normalized spacial score (nSPS) is 11.8. The van der Waals surface area contributed by atoms with Crippen molar-refractivity contribution in [3.8, 4) is 0 Å². The van der Waals surface area contributed by atoms with Gasteiger partial charge in [-0.15, -0.1) is 0 Å². The van der Waals surface area contributed by atoms with Gasteiger partial charge >= 0.3 is 0 Å². The Labute approximate surface area is 203 Å². The number of rotatable bonds is 12. The van der Waals surface area contributed by atoms with Crippen LogP contribution < -0.4 is 0 Å². The Morgan fingerprint density at radius 2 is 1.58 bits per heavy atom. The highest BCUT2D eigenvalue weighted by molar-refractivity contribution is 6.31. The van der Waals surface area contributed by atoms with Crippen LogP contribution in [0.15, 0.2) is 60.7 Å². The monoisotopic (exact) mass is 461 g/mol. The summed E-state index contributed by atoms with van der Waals surface area (Å²) in [5.41, 5.74) is 3.50. The van der Waals surface area contributed by atoms with E-state index < -0.39 is 0 Å². The second kappa shape index (κ2) is 11.7. The molecule has 1 aromatic heterocycles. The summed E-state index contributed by atoms with van der Waals surface area (Å²) in [5, 5.41) is 3.36. The van der Waals surface area contributed by atoms with E-state index in [2.05, 4.69) is 77.9 Å². The molecule has 4 aromatic rings. The lowest BCUT2D eigenvalue weighted by atomic mass is 10.0. The summed E-state index contributed by atoms with van der Waals surface area (Å²) < 4.78 is 2.40. The Balaban J connectivity index is 1.58. The number of nitrogens with zero attached hydrogens (tertiary/aromatic N) is 3. The number of aryl methyl sites for hydroxylation is 1. The molecule has 0 amide bonds. The molecule has 0 saturated heterocycles. The quantitative estimate of drug-likeness (QED) is 0.215. The van der Waals surface area contributed by atoms with Crippen molar-refractivity contribution in [3.63, 3.8) is 0 Å². The number of aromatic nitrogens is 2. The van der Waals surface area contributed by atoms with Gasteiger partial charge in [0, 0.05) is 18.0 Å². The summed E-state index contributed by atoms with van der Waals surface area (Å²) in [7, 11) is 0. The maximum absolute atomic E-state index is 6.39. The number of halogens is 1. The van der Waals surface area contributed by atoms with Gasteiger partial charge in [0.1, 0.15) is 5.82 Å². The van der Waals surface area contributed by atoms with Crippen LogP contribution in [0.1, 0.15) is 57.3 Å². The van der Waals surface area contributed by atoms with Crippen molar-refractivity contribution < 1.29 is 0 Å². The van der Waals surface area contributed by atoms with E-state index in [9.17, 15) is 0 Å². The van der Waals surface area contributed by atoms with Crippen LogP contribution in [0.2, 0.25) is 5.02 Å². The topological polar surface area (TPSA) is 21.1 Å². The van der Waals surface area contributed by atoms with Crippen LogP contribution in [0.3, 0.4) is 0 Å². The van der Waals surface area contributed by atoms with E-state index >= 15 is 0 Å². The largest absolute Gasteiger partial charge is 0.328 e. The number of imidazole rings is 1. The van der Waals surface area contributed by atoms with E-state index in [-0.39, 0.29) is 0 Å². The van der Waals surface area contributed by atoms with Crippen molar-refractivity contribution in [2.24, 2.45) is 0 Å². The van der Waals surface area contributed by atoms with E-state index in [1.165, 1.54) is 55.1 Å². The molecule has 0 unspecified atom stereocenters. The Bertz CT molecular complexity index is 1170. The highest BCUT2D eigenvalue weighted by atomic mass is 35.5. The molecule has 0 N–H and O–H groups in total. The molecule has 0 aliphatic heterocycles. The van der Waals surface area contributed by atoms with E-state index in [1.807, 2.05) is 6.07 Å². The van der Waals surface area contributed by atoms with Crippen molar-refractivity contribution in [3.05, 3.63) is 77.1 Å². The molecule has 4 rings (SSSR count). The average Bonchev–Trinajstić information content (AvgIpc) is 3.17. The van der Waals surface area contributed by atoms with Gasteiger partial charge in [-0.1, -0.05) is 80.8 Å². The lowest BCUT2D eigenvalue weighted by Gasteiger charge is -2.22. The van der Waals surface area contributed by atoms with Crippen molar-refractivity contribution in [1.82, 2.24) is 14.5 Å². The van der Waals surface area contributed by atoms with Gasteiger partial charge in [-0.05, 0) is 73.4 Å². The van der Waals surface area contributed by atoms with Crippen LogP contribution >= 0.6 is 11.6 Å². The van der Waals surface area contributed by atoms with Crippen LogP contribution in [0, 0.1) is 0 Å². The first-order valence-corrected chi connectivity index (χ1v) is 12.9. The van der Waals surface area contributed by atoms with E-state index in [0.717, 1.165) is 47.8 Å². The van der Waals surface area contributed by atoms with Crippen molar-refractivity contribution >= 4 is 33.4 Å². The molecule has 0 fully saturated rings. The first-order valence-electron chi connectivity index (χ1n) is 12.5. The van der Waals surface area contributed by atoms with E-state index in [1.54, 1.807) is 0 Å². The lowest BCUT2D eigenvalue weighted by molar-refractivity contribution is 0.257. The Hall–Kier alpha value is -2.36. The minimum Gasteiger partial charge on any atom is -0.328 e. The zero-order chi connectivity index (χ0) is 23.0. The molecule has 0 bridgehead atoms. The number of unbranched alkanes of at least 4 members (excludes halogenated alkanes) is 2. The number of benzene rings is 3. The Morgan fingerprint density at radius 1 is 0.848 bits per heavy atom. The predicted octanol–water partition coefficient (Wildman–Crippen LogP) is 7.73. The minimum atomic E-state index is 0.771. The summed E-state index contributed by atoms with van der Waals surface area (Å²) >= 11 is 6.39. The van der Waals surface area contributed by atoms with Gasteiger partial charge in [-0.25, -0.2) is 4.98 Å². The number of hydrogen-bond donors (Lipinski definition) is 0. The second-order valence-electron chi connectivity index (χ2n) is 9.03. The van der Waals surface area contributed by atoms with Crippen LogP contribution in [-0.4, -0.2) is 34.1 Å². The highest BCUT2D eigenvalue weighted by Gasteiger charge is 2.14. The molecule has 1 heterocycles. The molecule has 3 nitrogen and oxygen atoms in total. The van der Waals surface area contributed by atoms with E-state index in [4.69, 9.17) is 16.6 Å². The average molecular weight is 462 g/mol. The predicted molar refractivity (Wildman–Crippen MR) is 142 cm³/mol. The third kappa shape index (κ3) is 5.96. The summed E-state index contributed by atoms with van der Waals surface area (Å²) in [6.07, 6.45) is 7.00. The molecule has 174 valence electrons. The number of hydrogen-bond acceptors (Lipinski definition) is 2. The Morgan fingerprint density at radius 3 is 2.36 bits per heavy atom. The standard InChI is InChI=1S/C29H36ClN3/c1-3-5-17-32(18-6-4-2)19-10-20-33-28-22-25(30)15-16-27(28)31-29(33)21-24-13-9-12-23-11-7-8-14-26(23)24/h7-9,11-16,22H,3-6,10,17-21H2,1-2H3. The third-order valence-electron chi connectivity index (χ3n) is 6.53. The molecule has 0 saturated carbocycles. The molecular formula is C29H36ClN3. The zero-order valence-electron chi connectivity index (χ0n) is 20.1. The zero-order valence-corrected chi connectivity index (χ0v) is 20.8. The first kappa shape index (κ1) is 23.8. The lowest BCUT2D eigenvalue weighted by Crippen LogP contribution is -2.28. The van der Waals surface area contributed by atoms with Gasteiger partial charge in [0.25, 0.3) is 0 Å². The molecule has 0 radical (unpaired) electrons. The maximum Gasteiger partial charge on any atom is 0.114 e. The summed E-state index contributed by atoms with van der Waals surface area (Å²) in [6.45, 7) is 9.06. The minimum absolute atomic E-state index is 0.771. The molecule has 0 spiro atoms. The van der Waals surface area contributed by atoms with Gasteiger partial charge in [-0.3, -0.25) is 0 Å².